The zero-order chi connectivity index (χ0) is 14.5. The highest BCUT2D eigenvalue weighted by Crippen LogP contribution is 2.19. The summed E-state index contributed by atoms with van der Waals surface area (Å²) in [7, 11) is 1.38. The Bertz CT molecular complexity index is 437. The Labute approximate surface area is 113 Å². The molecule has 0 aliphatic rings. The maximum Gasteiger partial charge on any atom is 0.251 e. The molecule has 4 nitrogen and oxygen atoms in total. The quantitative estimate of drug-likeness (QED) is 0.830. The van der Waals surface area contributed by atoms with Crippen molar-refractivity contribution in [2.75, 3.05) is 13.7 Å². The van der Waals surface area contributed by atoms with E-state index in [2.05, 4.69) is 5.32 Å². The number of nitrogens with one attached hydrogen (secondary N) is 1. The summed E-state index contributed by atoms with van der Waals surface area (Å²) in [4.78, 5) is 12.1. The van der Waals surface area contributed by atoms with E-state index in [1.807, 2.05) is 13.8 Å². The molecule has 0 aliphatic carbocycles. The highest BCUT2D eigenvalue weighted by molar-refractivity contribution is 5.94. The average Bonchev–Trinajstić information content (AvgIpc) is 2.44. The van der Waals surface area contributed by atoms with Gasteiger partial charge in [0.2, 0.25) is 0 Å². The number of benzene rings is 1. The Kier molecular flexibility index (Phi) is 5.30. The maximum atomic E-state index is 13.6. The van der Waals surface area contributed by atoms with Crippen LogP contribution in [0.5, 0.6) is 5.75 Å². The minimum absolute atomic E-state index is 0.118. The fourth-order valence-corrected chi connectivity index (χ4v) is 1.89. The molecule has 3 N–H and O–H groups in total. The minimum Gasteiger partial charge on any atom is -0.494 e. The lowest BCUT2D eigenvalue weighted by atomic mass is 9.92. The van der Waals surface area contributed by atoms with Crippen LogP contribution in [-0.4, -0.2) is 25.1 Å². The normalized spacial score (nSPS) is 11.2. The summed E-state index contributed by atoms with van der Waals surface area (Å²) in [6.45, 7) is 4.28. The van der Waals surface area contributed by atoms with Crippen molar-refractivity contribution in [2.45, 2.75) is 32.2 Å². The van der Waals surface area contributed by atoms with Crippen molar-refractivity contribution < 1.29 is 13.9 Å². The van der Waals surface area contributed by atoms with E-state index in [9.17, 15) is 9.18 Å². The molecule has 0 bridgehead atoms. The van der Waals surface area contributed by atoms with Crippen LogP contribution in [0.3, 0.4) is 0 Å². The first-order valence-corrected chi connectivity index (χ1v) is 6.38. The Hall–Kier alpha value is -1.62. The van der Waals surface area contributed by atoms with E-state index in [4.69, 9.17) is 10.5 Å². The highest BCUT2D eigenvalue weighted by Gasteiger charge is 2.27. The number of carbonyl (C=O) groups is 1. The Balaban J connectivity index is 2.92. The van der Waals surface area contributed by atoms with Gasteiger partial charge in [-0.25, -0.2) is 4.39 Å². The molecule has 0 fully saturated rings. The standard InChI is InChI=1S/C14H21FN2O2/c1-4-14(5-2,9-16)17-13(18)10-6-7-12(19-3)11(15)8-10/h6-8H,4-5,9,16H2,1-3H3,(H,17,18). The minimum atomic E-state index is -0.554. The van der Waals surface area contributed by atoms with Crippen molar-refractivity contribution >= 4 is 5.91 Å². The molecule has 0 aromatic heterocycles. The largest absolute Gasteiger partial charge is 0.494 e. The van der Waals surface area contributed by atoms with Gasteiger partial charge in [0, 0.05) is 12.1 Å². The molecular weight excluding hydrogens is 247 g/mol. The van der Waals surface area contributed by atoms with Crippen molar-refractivity contribution in [3.05, 3.63) is 29.6 Å². The summed E-state index contributed by atoms with van der Waals surface area (Å²) in [5.41, 5.74) is 5.55. The van der Waals surface area contributed by atoms with E-state index in [-0.39, 0.29) is 17.2 Å². The molecule has 1 aromatic carbocycles. The first-order chi connectivity index (χ1) is 9.01. The molecular formula is C14H21FN2O2. The molecule has 0 saturated carbocycles. The van der Waals surface area contributed by atoms with Crippen LogP contribution in [0, 0.1) is 5.82 Å². The van der Waals surface area contributed by atoms with Crippen LogP contribution in [0.2, 0.25) is 0 Å². The van der Waals surface area contributed by atoms with E-state index in [1.54, 1.807) is 0 Å². The topological polar surface area (TPSA) is 64.3 Å². The summed E-state index contributed by atoms with van der Waals surface area (Å²) in [5, 5.41) is 2.89. The van der Waals surface area contributed by atoms with Gasteiger partial charge in [0.05, 0.1) is 12.6 Å². The Morgan fingerprint density at radius 2 is 2.05 bits per heavy atom. The zero-order valence-electron chi connectivity index (χ0n) is 11.6. The van der Waals surface area contributed by atoms with E-state index >= 15 is 0 Å². The number of hydrogen-bond acceptors (Lipinski definition) is 3. The third-order valence-electron chi connectivity index (χ3n) is 3.54. The van der Waals surface area contributed by atoms with Gasteiger partial charge in [-0.2, -0.15) is 0 Å². The fourth-order valence-electron chi connectivity index (χ4n) is 1.89. The van der Waals surface area contributed by atoms with Gasteiger partial charge in [-0.05, 0) is 31.0 Å². The van der Waals surface area contributed by atoms with Crippen LogP contribution in [0.4, 0.5) is 4.39 Å². The molecule has 1 aromatic rings. The van der Waals surface area contributed by atoms with Crippen LogP contribution in [0.25, 0.3) is 0 Å². The van der Waals surface area contributed by atoms with Crippen LogP contribution in [-0.2, 0) is 0 Å². The number of carbonyl (C=O) groups excluding carboxylic acids is 1. The number of hydrogen-bond donors (Lipinski definition) is 2. The van der Waals surface area contributed by atoms with Crippen molar-refractivity contribution in [2.24, 2.45) is 5.73 Å². The Morgan fingerprint density at radius 3 is 2.47 bits per heavy atom. The van der Waals surface area contributed by atoms with Crippen molar-refractivity contribution in [3.63, 3.8) is 0 Å². The predicted molar refractivity (Wildman–Crippen MR) is 72.8 cm³/mol. The number of nitrogens with two attached hydrogens (primary N) is 1. The van der Waals surface area contributed by atoms with E-state index in [0.29, 0.717) is 6.54 Å². The molecule has 0 heterocycles. The summed E-state index contributed by atoms with van der Waals surface area (Å²) in [6, 6.07) is 4.14. The Morgan fingerprint density at radius 1 is 1.42 bits per heavy atom. The predicted octanol–water partition coefficient (Wildman–Crippen LogP) is 2.08. The molecule has 1 rings (SSSR count). The number of halogens is 1. The molecule has 0 saturated heterocycles. The third kappa shape index (κ3) is 3.44. The van der Waals surface area contributed by atoms with Gasteiger partial charge < -0.3 is 15.8 Å². The van der Waals surface area contributed by atoms with Gasteiger partial charge in [-0.3, -0.25) is 4.79 Å². The van der Waals surface area contributed by atoms with Gasteiger partial charge in [0.1, 0.15) is 0 Å². The van der Waals surface area contributed by atoms with Crippen molar-refractivity contribution in [1.29, 1.82) is 0 Å². The molecule has 0 radical (unpaired) electrons. The number of methoxy groups -OCH3 is 1. The van der Waals surface area contributed by atoms with Gasteiger partial charge in [0.25, 0.3) is 5.91 Å². The number of amides is 1. The summed E-state index contributed by atoms with van der Waals surface area (Å²) in [6.07, 6.45) is 1.45. The molecule has 0 atom stereocenters. The second-order valence-corrected chi connectivity index (χ2v) is 4.50. The molecule has 0 unspecified atom stereocenters. The summed E-state index contributed by atoms with van der Waals surface area (Å²) < 4.78 is 18.4. The van der Waals surface area contributed by atoms with Gasteiger partial charge in [-0.15, -0.1) is 0 Å². The molecule has 5 heteroatoms. The fraction of sp³-hybridized carbons (Fsp3) is 0.500. The van der Waals surface area contributed by atoms with Gasteiger partial charge >= 0.3 is 0 Å². The van der Waals surface area contributed by atoms with Crippen LogP contribution in [0.15, 0.2) is 18.2 Å². The van der Waals surface area contributed by atoms with Crippen molar-refractivity contribution in [3.8, 4) is 5.75 Å². The molecule has 0 spiro atoms. The van der Waals surface area contributed by atoms with E-state index in [0.717, 1.165) is 12.8 Å². The number of rotatable bonds is 6. The lowest BCUT2D eigenvalue weighted by molar-refractivity contribution is 0.0894. The smallest absolute Gasteiger partial charge is 0.251 e. The first-order valence-electron chi connectivity index (χ1n) is 6.38. The summed E-state index contributed by atoms with van der Waals surface area (Å²) in [5.74, 6) is -0.759. The number of ether oxygens (including phenoxy) is 1. The highest BCUT2D eigenvalue weighted by atomic mass is 19.1. The van der Waals surface area contributed by atoms with Gasteiger partial charge in [0.15, 0.2) is 11.6 Å². The summed E-state index contributed by atoms with van der Waals surface area (Å²) >= 11 is 0. The molecule has 106 valence electrons. The second kappa shape index (κ2) is 6.52. The SMILES string of the molecule is CCC(CC)(CN)NC(=O)c1ccc(OC)c(F)c1. The molecule has 0 aliphatic heterocycles. The average molecular weight is 268 g/mol. The van der Waals surface area contributed by atoms with Crippen molar-refractivity contribution in [1.82, 2.24) is 5.32 Å². The van der Waals surface area contributed by atoms with E-state index < -0.39 is 11.4 Å². The lowest BCUT2D eigenvalue weighted by Crippen LogP contribution is -2.52. The van der Waals surface area contributed by atoms with Gasteiger partial charge in [-0.1, -0.05) is 13.8 Å². The van der Waals surface area contributed by atoms with Crippen LogP contribution in [0.1, 0.15) is 37.0 Å². The monoisotopic (exact) mass is 268 g/mol. The zero-order valence-corrected chi connectivity index (χ0v) is 11.6. The maximum absolute atomic E-state index is 13.6. The second-order valence-electron chi connectivity index (χ2n) is 4.50. The molecule has 1 amide bonds. The molecule has 19 heavy (non-hydrogen) atoms. The third-order valence-corrected chi connectivity index (χ3v) is 3.54. The van der Waals surface area contributed by atoms with Crippen LogP contribution >= 0.6 is 0 Å². The lowest BCUT2D eigenvalue weighted by Gasteiger charge is -2.31. The van der Waals surface area contributed by atoms with Crippen LogP contribution < -0.4 is 15.8 Å². The van der Waals surface area contributed by atoms with E-state index in [1.165, 1.54) is 25.3 Å². The first kappa shape index (κ1) is 15.4.